The maximum Gasteiger partial charge on any atom is 0.409 e. The number of amides is 1. The van der Waals surface area contributed by atoms with Gasteiger partial charge in [-0.05, 0) is 26.0 Å². The van der Waals surface area contributed by atoms with Gasteiger partial charge < -0.3 is 19.9 Å². The van der Waals surface area contributed by atoms with Crippen molar-refractivity contribution in [2.45, 2.75) is 13.8 Å². The fraction of sp³-hybridized carbons (Fsp3) is 0.389. The van der Waals surface area contributed by atoms with E-state index in [2.05, 4.69) is 15.3 Å². The zero-order valence-electron chi connectivity index (χ0n) is 15.2. The van der Waals surface area contributed by atoms with Gasteiger partial charge in [-0.2, -0.15) is 4.98 Å². The number of nitrogens with zero attached hydrogens (tertiary/aromatic N) is 4. The van der Waals surface area contributed by atoms with Gasteiger partial charge in [-0.3, -0.25) is 0 Å². The lowest BCUT2D eigenvalue weighted by Crippen LogP contribution is -2.49. The molecule has 3 rings (SSSR count). The van der Waals surface area contributed by atoms with Gasteiger partial charge in [0.05, 0.1) is 6.61 Å². The van der Waals surface area contributed by atoms with Crippen LogP contribution in [0.25, 0.3) is 0 Å². The van der Waals surface area contributed by atoms with Crippen LogP contribution in [0.5, 0.6) is 0 Å². The number of anilines is 3. The first kappa shape index (κ1) is 18.8. The highest BCUT2D eigenvalue weighted by Gasteiger charge is 2.23. The second kappa shape index (κ2) is 8.15. The number of ether oxygens (including phenoxy) is 1. The number of carbonyl (C=O) groups excluding carboxylic acids is 1. The first-order chi connectivity index (χ1) is 13.0. The fourth-order valence-corrected chi connectivity index (χ4v) is 2.81. The van der Waals surface area contributed by atoms with Crippen molar-refractivity contribution in [3.63, 3.8) is 0 Å². The number of rotatable bonds is 4. The molecule has 7 nitrogen and oxygen atoms in total. The molecule has 2 aromatic rings. The number of carbonyl (C=O) groups is 1. The SMILES string of the molecule is CCOC(=O)N1CCN(c2cc(C)nc(Nc3ccc(F)c(F)c3)n2)CC1. The lowest BCUT2D eigenvalue weighted by atomic mass is 10.3. The number of piperazine rings is 1. The van der Waals surface area contributed by atoms with Gasteiger partial charge in [0, 0.05) is 49.7 Å². The number of hydrogen-bond acceptors (Lipinski definition) is 6. The maximum atomic E-state index is 13.4. The zero-order valence-corrected chi connectivity index (χ0v) is 15.2. The molecule has 9 heteroatoms. The van der Waals surface area contributed by atoms with Gasteiger partial charge in [0.2, 0.25) is 5.95 Å². The molecule has 27 heavy (non-hydrogen) atoms. The van der Waals surface area contributed by atoms with Crippen LogP contribution in [0.3, 0.4) is 0 Å². The van der Waals surface area contributed by atoms with Crippen LogP contribution >= 0.6 is 0 Å². The quantitative estimate of drug-likeness (QED) is 0.883. The standard InChI is InChI=1S/C18H21F2N5O2/c1-3-27-18(26)25-8-6-24(7-9-25)16-10-12(2)21-17(23-16)22-13-4-5-14(19)15(20)11-13/h4-5,10-11H,3,6-9H2,1-2H3,(H,21,22,23). The minimum Gasteiger partial charge on any atom is -0.450 e. The Hall–Kier alpha value is -2.97. The third-order valence-corrected chi connectivity index (χ3v) is 4.15. The molecule has 1 aromatic heterocycles. The van der Waals surface area contributed by atoms with E-state index < -0.39 is 11.6 Å². The molecule has 0 aliphatic carbocycles. The third-order valence-electron chi connectivity index (χ3n) is 4.15. The Balaban J connectivity index is 1.70. The fourth-order valence-electron chi connectivity index (χ4n) is 2.81. The summed E-state index contributed by atoms with van der Waals surface area (Å²) in [5.41, 5.74) is 1.09. The molecule has 0 saturated carbocycles. The van der Waals surface area contributed by atoms with E-state index >= 15 is 0 Å². The highest BCUT2D eigenvalue weighted by Crippen LogP contribution is 2.21. The predicted molar refractivity (Wildman–Crippen MR) is 97.2 cm³/mol. The zero-order chi connectivity index (χ0) is 19.4. The molecule has 1 saturated heterocycles. The molecule has 0 atom stereocenters. The molecule has 0 unspecified atom stereocenters. The Morgan fingerprint density at radius 2 is 1.89 bits per heavy atom. The second-order valence-electron chi connectivity index (χ2n) is 6.12. The van der Waals surface area contributed by atoms with Crippen LogP contribution in [0.4, 0.5) is 31.0 Å². The molecule has 1 fully saturated rings. The van der Waals surface area contributed by atoms with Gasteiger partial charge in [-0.1, -0.05) is 0 Å². The summed E-state index contributed by atoms with van der Waals surface area (Å²) in [5.74, 6) is -0.853. The van der Waals surface area contributed by atoms with E-state index in [4.69, 9.17) is 4.74 Å². The van der Waals surface area contributed by atoms with Gasteiger partial charge in [0.15, 0.2) is 11.6 Å². The highest BCUT2D eigenvalue weighted by molar-refractivity contribution is 5.68. The Bertz CT molecular complexity index is 825. The topological polar surface area (TPSA) is 70.6 Å². The molecule has 144 valence electrons. The Kier molecular flexibility index (Phi) is 5.68. The summed E-state index contributed by atoms with van der Waals surface area (Å²) >= 11 is 0. The van der Waals surface area contributed by atoms with E-state index in [0.29, 0.717) is 50.2 Å². The van der Waals surface area contributed by atoms with Crippen molar-refractivity contribution in [2.24, 2.45) is 0 Å². The molecule has 1 aromatic carbocycles. The van der Waals surface area contributed by atoms with Crippen molar-refractivity contribution in [3.8, 4) is 0 Å². The molecule has 0 bridgehead atoms. The number of hydrogen-bond donors (Lipinski definition) is 1. The van der Waals surface area contributed by atoms with E-state index in [-0.39, 0.29) is 6.09 Å². The molecule has 0 radical (unpaired) electrons. The Morgan fingerprint density at radius 1 is 1.15 bits per heavy atom. The Morgan fingerprint density at radius 3 is 2.56 bits per heavy atom. The van der Waals surface area contributed by atoms with Crippen LogP contribution in [-0.2, 0) is 4.74 Å². The van der Waals surface area contributed by atoms with Crippen molar-refractivity contribution < 1.29 is 18.3 Å². The number of nitrogens with one attached hydrogen (secondary N) is 1. The predicted octanol–water partition coefficient (Wildman–Crippen LogP) is 3.09. The lowest BCUT2D eigenvalue weighted by molar-refractivity contribution is 0.105. The molecule has 2 heterocycles. The number of aryl methyl sites for hydroxylation is 1. The molecular formula is C18H21F2N5O2. The minimum atomic E-state index is -0.942. The summed E-state index contributed by atoms with van der Waals surface area (Å²) in [6.45, 7) is 6.25. The van der Waals surface area contributed by atoms with Crippen LogP contribution in [0.15, 0.2) is 24.3 Å². The van der Waals surface area contributed by atoms with Gasteiger partial charge >= 0.3 is 6.09 Å². The van der Waals surface area contributed by atoms with E-state index in [0.717, 1.165) is 17.8 Å². The summed E-state index contributed by atoms with van der Waals surface area (Å²) < 4.78 is 31.5. The summed E-state index contributed by atoms with van der Waals surface area (Å²) in [7, 11) is 0. The first-order valence-corrected chi connectivity index (χ1v) is 8.70. The van der Waals surface area contributed by atoms with Crippen molar-refractivity contribution in [2.75, 3.05) is 43.0 Å². The maximum absolute atomic E-state index is 13.4. The van der Waals surface area contributed by atoms with Gasteiger partial charge in [0.25, 0.3) is 0 Å². The van der Waals surface area contributed by atoms with Crippen LogP contribution in [-0.4, -0.2) is 53.7 Å². The monoisotopic (exact) mass is 377 g/mol. The average molecular weight is 377 g/mol. The van der Waals surface area contributed by atoms with Crippen LogP contribution in [0.1, 0.15) is 12.6 Å². The molecule has 1 amide bonds. The van der Waals surface area contributed by atoms with Gasteiger partial charge in [-0.25, -0.2) is 18.6 Å². The van der Waals surface area contributed by atoms with Crippen molar-refractivity contribution in [1.29, 1.82) is 0 Å². The largest absolute Gasteiger partial charge is 0.450 e. The molecule has 1 aliphatic rings. The van der Waals surface area contributed by atoms with Gasteiger partial charge in [0.1, 0.15) is 5.82 Å². The van der Waals surface area contributed by atoms with E-state index in [1.807, 2.05) is 17.9 Å². The van der Waals surface area contributed by atoms with Crippen LogP contribution < -0.4 is 10.2 Å². The molecular weight excluding hydrogens is 356 g/mol. The number of halogens is 2. The second-order valence-corrected chi connectivity index (χ2v) is 6.12. The molecule has 0 spiro atoms. The lowest BCUT2D eigenvalue weighted by Gasteiger charge is -2.34. The average Bonchev–Trinajstić information content (AvgIpc) is 2.65. The van der Waals surface area contributed by atoms with Crippen molar-refractivity contribution in [1.82, 2.24) is 14.9 Å². The summed E-state index contributed by atoms with van der Waals surface area (Å²) in [6, 6.07) is 5.36. The van der Waals surface area contributed by atoms with Crippen molar-refractivity contribution >= 4 is 23.5 Å². The van der Waals surface area contributed by atoms with Gasteiger partial charge in [-0.15, -0.1) is 0 Å². The summed E-state index contributed by atoms with van der Waals surface area (Å²) in [5, 5.41) is 2.90. The minimum absolute atomic E-state index is 0.295. The molecule has 1 aliphatic heterocycles. The van der Waals surface area contributed by atoms with E-state index in [9.17, 15) is 13.6 Å². The normalized spacial score (nSPS) is 14.2. The number of aromatic nitrogens is 2. The first-order valence-electron chi connectivity index (χ1n) is 8.70. The van der Waals surface area contributed by atoms with Crippen LogP contribution in [0.2, 0.25) is 0 Å². The smallest absolute Gasteiger partial charge is 0.409 e. The van der Waals surface area contributed by atoms with Crippen LogP contribution in [0, 0.1) is 18.6 Å². The van der Waals surface area contributed by atoms with E-state index in [1.165, 1.54) is 6.07 Å². The molecule has 1 N–H and O–H groups in total. The summed E-state index contributed by atoms with van der Waals surface area (Å²) in [6.07, 6.45) is -0.309. The highest BCUT2D eigenvalue weighted by atomic mass is 19.2. The summed E-state index contributed by atoms with van der Waals surface area (Å²) in [4.78, 5) is 24.3. The Labute approximate surface area is 156 Å². The third kappa shape index (κ3) is 4.60. The number of benzene rings is 1. The van der Waals surface area contributed by atoms with E-state index in [1.54, 1.807) is 11.8 Å². The van der Waals surface area contributed by atoms with Crippen molar-refractivity contribution in [3.05, 3.63) is 41.6 Å².